The van der Waals surface area contributed by atoms with Crippen molar-refractivity contribution in [2.24, 2.45) is 5.16 Å². The first kappa shape index (κ1) is 21.7. The Bertz CT molecular complexity index is 1160. The number of anilines is 1. The summed E-state index contributed by atoms with van der Waals surface area (Å²) in [6, 6.07) is -0.937. The van der Waals surface area contributed by atoms with Gasteiger partial charge in [0.15, 0.2) is 16.7 Å². The van der Waals surface area contributed by atoms with Crippen LogP contribution >= 0.6 is 23.1 Å². The third kappa shape index (κ3) is 3.89. The van der Waals surface area contributed by atoms with E-state index in [1.807, 2.05) is 0 Å². The standard InChI is InChI=1S/C16H17N9O5S2/c1-6-20-23-24(21-6)3-7-4-31-14-10(13(27)25(14)11(7)15(28)29)19-12(26)9(22-30-2)8-5-32-16(17)18-8/h5,10,14H,3-4H2,1-2H3,(H2,17,18)(H,19,26)(H,28,29)/b22-9-/t10-,14-/m1/s1. The van der Waals surface area contributed by atoms with Gasteiger partial charge in [0.2, 0.25) is 0 Å². The quantitative estimate of drug-likeness (QED) is 0.246. The van der Waals surface area contributed by atoms with Crippen LogP contribution in [0.5, 0.6) is 0 Å². The molecule has 4 N–H and O–H groups in total. The molecule has 16 heteroatoms. The van der Waals surface area contributed by atoms with Crippen LogP contribution in [0.25, 0.3) is 0 Å². The van der Waals surface area contributed by atoms with Gasteiger partial charge in [0.05, 0.1) is 6.54 Å². The second kappa shape index (κ2) is 8.54. The molecule has 0 spiro atoms. The molecule has 2 amide bonds. The average Bonchev–Trinajstić information content (AvgIpc) is 3.37. The molecular weight excluding hydrogens is 462 g/mol. The number of carboxylic acid groups (broad SMARTS) is 1. The number of nitrogen functional groups attached to an aromatic ring is 1. The number of amides is 2. The highest BCUT2D eigenvalue weighted by Crippen LogP contribution is 2.40. The number of hydrogen-bond donors (Lipinski definition) is 3. The maximum Gasteiger partial charge on any atom is 0.352 e. The number of thioether (sulfide) groups is 1. The molecule has 2 atom stereocenters. The lowest BCUT2D eigenvalue weighted by Crippen LogP contribution is -2.71. The van der Waals surface area contributed by atoms with Crippen LogP contribution < -0.4 is 11.1 Å². The Morgan fingerprint density at radius 1 is 1.47 bits per heavy atom. The van der Waals surface area contributed by atoms with Gasteiger partial charge in [-0.25, -0.2) is 9.78 Å². The zero-order valence-electron chi connectivity index (χ0n) is 16.8. The van der Waals surface area contributed by atoms with E-state index in [0.29, 0.717) is 17.2 Å². The molecular formula is C16H17N9O5S2. The van der Waals surface area contributed by atoms with Crippen LogP contribution in [0.2, 0.25) is 0 Å². The predicted molar refractivity (Wildman–Crippen MR) is 112 cm³/mol. The number of hydrogen-bond acceptors (Lipinski definition) is 12. The molecule has 0 unspecified atom stereocenters. The van der Waals surface area contributed by atoms with Crippen molar-refractivity contribution in [1.29, 1.82) is 0 Å². The van der Waals surface area contributed by atoms with Crippen molar-refractivity contribution in [1.82, 2.24) is 35.4 Å². The van der Waals surface area contributed by atoms with Crippen LogP contribution in [-0.4, -0.2) is 83.0 Å². The molecule has 2 aliphatic heterocycles. The molecule has 32 heavy (non-hydrogen) atoms. The number of fused-ring (bicyclic) bond motifs is 1. The molecule has 1 fully saturated rings. The number of carbonyl (C=O) groups is 3. The van der Waals surface area contributed by atoms with Crippen molar-refractivity contribution in [2.75, 3.05) is 18.6 Å². The van der Waals surface area contributed by atoms with E-state index in [1.165, 1.54) is 29.0 Å². The minimum absolute atomic E-state index is 0.0822. The second-order valence-corrected chi connectivity index (χ2v) is 8.67. The van der Waals surface area contributed by atoms with Gasteiger partial charge in [0.1, 0.15) is 29.9 Å². The highest BCUT2D eigenvalue weighted by atomic mass is 32.2. The summed E-state index contributed by atoms with van der Waals surface area (Å²) in [5, 5.41) is 28.9. The predicted octanol–water partition coefficient (Wildman–Crippen LogP) is -1.19. The van der Waals surface area contributed by atoms with Crippen molar-refractivity contribution < 1.29 is 24.3 Å². The van der Waals surface area contributed by atoms with E-state index in [2.05, 4.69) is 30.9 Å². The zero-order valence-corrected chi connectivity index (χ0v) is 18.4. The summed E-state index contributed by atoms with van der Waals surface area (Å²) in [4.78, 5) is 48.7. The number of carboxylic acids is 1. The first-order chi connectivity index (χ1) is 15.3. The minimum atomic E-state index is -1.25. The van der Waals surface area contributed by atoms with Crippen LogP contribution in [-0.2, 0) is 25.8 Å². The third-order valence-corrected chi connectivity index (χ3v) is 6.60. The minimum Gasteiger partial charge on any atom is -0.477 e. The summed E-state index contributed by atoms with van der Waals surface area (Å²) >= 11 is 2.44. The number of aromatic nitrogens is 5. The number of nitrogens with one attached hydrogen (secondary N) is 1. The number of nitrogens with two attached hydrogens (primary N) is 1. The van der Waals surface area contributed by atoms with Crippen LogP contribution in [0, 0.1) is 6.92 Å². The summed E-state index contributed by atoms with van der Waals surface area (Å²) in [6.45, 7) is 1.74. The van der Waals surface area contributed by atoms with Crippen molar-refractivity contribution >= 4 is 51.7 Å². The van der Waals surface area contributed by atoms with E-state index in [9.17, 15) is 19.5 Å². The van der Waals surface area contributed by atoms with Gasteiger partial charge < -0.3 is 21.0 Å². The first-order valence-electron chi connectivity index (χ1n) is 9.08. The van der Waals surface area contributed by atoms with Crippen molar-refractivity contribution in [3.8, 4) is 0 Å². The molecule has 168 valence electrons. The number of aliphatic carboxylic acids is 1. The fraction of sp³-hybridized carbons (Fsp3) is 0.375. The Labute approximate surface area is 188 Å². The second-order valence-electron chi connectivity index (χ2n) is 6.68. The summed E-state index contributed by atoms with van der Waals surface area (Å²) in [5.41, 5.74) is 6.00. The number of aryl methyl sites for hydroxylation is 1. The van der Waals surface area contributed by atoms with Gasteiger partial charge in [-0.1, -0.05) is 5.16 Å². The molecule has 4 heterocycles. The molecule has 0 saturated carbocycles. The van der Waals surface area contributed by atoms with Gasteiger partial charge in [-0.3, -0.25) is 14.5 Å². The molecule has 0 radical (unpaired) electrons. The van der Waals surface area contributed by atoms with E-state index in [4.69, 9.17) is 10.6 Å². The van der Waals surface area contributed by atoms with E-state index in [-0.39, 0.29) is 28.8 Å². The number of β-lactam (4-membered cyclic amide) rings is 1. The van der Waals surface area contributed by atoms with Crippen molar-refractivity contribution in [3.05, 3.63) is 28.2 Å². The Morgan fingerprint density at radius 3 is 2.84 bits per heavy atom. The van der Waals surface area contributed by atoms with E-state index >= 15 is 0 Å². The number of thiazole rings is 1. The van der Waals surface area contributed by atoms with Crippen LogP contribution in [0.1, 0.15) is 11.5 Å². The van der Waals surface area contributed by atoms with Gasteiger partial charge in [-0.15, -0.1) is 33.3 Å². The van der Waals surface area contributed by atoms with E-state index in [1.54, 1.807) is 6.92 Å². The Balaban J connectivity index is 1.53. The third-order valence-electron chi connectivity index (χ3n) is 4.58. The molecule has 2 aliphatic rings. The van der Waals surface area contributed by atoms with Gasteiger partial charge in [0.25, 0.3) is 11.8 Å². The summed E-state index contributed by atoms with van der Waals surface area (Å²) in [5.74, 6) is -1.74. The van der Waals surface area contributed by atoms with Crippen LogP contribution in [0.15, 0.2) is 21.8 Å². The summed E-state index contributed by atoms with van der Waals surface area (Å²) in [7, 11) is 1.27. The first-order valence-corrected chi connectivity index (χ1v) is 11.0. The molecule has 0 bridgehead atoms. The lowest BCUT2D eigenvalue weighted by Gasteiger charge is -2.49. The van der Waals surface area contributed by atoms with E-state index in [0.717, 1.165) is 16.2 Å². The largest absolute Gasteiger partial charge is 0.477 e. The highest BCUT2D eigenvalue weighted by Gasteiger charge is 2.54. The van der Waals surface area contributed by atoms with Gasteiger partial charge in [0, 0.05) is 11.1 Å². The molecule has 14 nitrogen and oxygen atoms in total. The number of carbonyl (C=O) groups excluding carboxylic acids is 2. The molecule has 4 rings (SSSR count). The number of nitrogens with zero attached hydrogens (tertiary/aromatic N) is 7. The lowest BCUT2D eigenvalue weighted by atomic mass is 10.0. The van der Waals surface area contributed by atoms with Crippen molar-refractivity contribution in [3.63, 3.8) is 0 Å². The fourth-order valence-corrected chi connectivity index (χ4v) is 5.15. The Hall–Kier alpha value is -3.53. The molecule has 1 saturated heterocycles. The smallest absolute Gasteiger partial charge is 0.352 e. The summed E-state index contributed by atoms with van der Waals surface area (Å²) in [6.07, 6.45) is 0. The van der Waals surface area contributed by atoms with Gasteiger partial charge in [-0.2, -0.15) is 4.80 Å². The Kier molecular flexibility index (Phi) is 5.79. The number of rotatable bonds is 7. The molecule has 0 aliphatic carbocycles. The number of tetrazole rings is 1. The zero-order chi connectivity index (χ0) is 23.0. The van der Waals surface area contributed by atoms with Gasteiger partial charge >= 0.3 is 5.97 Å². The maximum absolute atomic E-state index is 12.8. The monoisotopic (exact) mass is 479 g/mol. The van der Waals surface area contributed by atoms with Crippen molar-refractivity contribution in [2.45, 2.75) is 24.9 Å². The lowest BCUT2D eigenvalue weighted by molar-refractivity contribution is -0.150. The van der Waals surface area contributed by atoms with E-state index < -0.39 is 29.2 Å². The van der Waals surface area contributed by atoms with Crippen LogP contribution in [0.4, 0.5) is 5.13 Å². The number of oxime groups is 1. The normalized spacial score (nSPS) is 20.6. The topological polar surface area (TPSA) is 191 Å². The summed E-state index contributed by atoms with van der Waals surface area (Å²) < 4.78 is 0. The molecule has 2 aromatic heterocycles. The average molecular weight is 480 g/mol. The SMILES string of the molecule is CO/N=C(\C(=O)N[C@@H]1C(=O)N2C(C(=O)O)=C(Cn3nnc(C)n3)CS[C@H]12)c1csc(N)n1. The fourth-order valence-electron chi connectivity index (χ4n) is 3.27. The van der Waals surface area contributed by atoms with Gasteiger partial charge in [-0.05, 0) is 17.7 Å². The molecule has 0 aromatic carbocycles. The Morgan fingerprint density at radius 2 is 2.25 bits per heavy atom. The van der Waals surface area contributed by atoms with Crippen LogP contribution in [0.3, 0.4) is 0 Å². The maximum atomic E-state index is 12.8. The molecule has 2 aromatic rings. The highest BCUT2D eigenvalue weighted by molar-refractivity contribution is 8.00.